The van der Waals surface area contributed by atoms with Crippen molar-refractivity contribution in [3.63, 3.8) is 0 Å². The van der Waals surface area contributed by atoms with Crippen LogP contribution in [0.15, 0.2) is 42.5 Å². The first-order valence-electron chi connectivity index (χ1n) is 7.81. The van der Waals surface area contributed by atoms with Gasteiger partial charge in [0.2, 0.25) is 0 Å². The Kier molecular flexibility index (Phi) is 3.99. The van der Waals surface area contributed by atoms with E-state index in [1.165, 1.54) is 0 Å². The van der Waals surface area contributed by atoms with Crippen LogP contribution in [0.1, 0.15) is 32.3 Å². The number of phenols is 1. The third-order valence-electron chi connectivity index (χ3n) is 4.22. The van der Waals surface area contributed by atoms with Crippen molar-refractivity contribution >= 4 is 5.97 Å². The molecule has 2 aromatic carbocycles. The van der Waals surface area contributed by atoms with Gasteiger partial charge >= 0.3 is 5.97 Å². The van der Waals surface area contributed by atoms with E-state index in [0.29, 0.717) is 24.3 Å². The SMILES string of the molecule is CCOC(=O)CCC1(C)Oc2cccc(O)c2-c2ccccc21. The highest BCUT2D eigenvalue weighted by Crippen LogP contribution is 2.50. The molecule has 120 valence electrons. The summed E-state index contributed by atoms with van der Waals surface area (Å²) in [6.07, 6.45) is 0.796. The van der Waals surface area contributed by atoms with Gasteiger partial charge in [-0.05, 0) is 31.5 Å². The molecule has 1 N–H and O–H groups in total. The van der Waals surface area contributed by atoms with Crippen molar-refractivity contribution in [2.24, 2.45) is 0 Å². The van der Waals surface area contributed by atoms with Crippen LogP contribution in [0.4, 0.5) is 0 Å². The average molecular weight is 312 g/mol. The number of ether oxygens (including phenoxy) is 2. The Morgan fingerprint density at radius 3 is 2.78 bits per heavy atom. The van der Waals surface area contributed by atoms with Crippen LogP contribution < -0.4 is 4.74 Å². The van der Waals surface area contributed by atoms with Crippen molar-refractivity contribution in [1.82, 2.24) is 0 Å². The average Bonchev–Trinajstić information content (AvgIpc) is 2.54. The summed E-state index contributed by atoms with van der Waals surface area (Å²) in [6.45, 7) is 4.15. The van der Waals surface area contributed by atoms with E-state index in [9.17, 15) is 9.90 Å². The van der Waals surface area contributed by atoms with E-state index < -0.39 is 5.60 Å². The normalized spacial score (nSPS) is 18.5. The van der Waals surface area contributed by atoms with Crippen LogP contribution in [0.25, 0.3) is 11.1 Å². The Morgan fingerprint density at radius 2 is 2.00 bits per heavy atom. The minimum Gasteiger partial charge on any atom is -0.507 e. The van der Waals surface area contributed by atoms with E-state index in [4.69, 9.17) is 9.47 Å². The number of carbonyl (C=O) groups excluding carboxylic acids is 1. The molecular formula is C19H20O4. The van der Waals surface area contributed by atoms with Gasteiger partial charge in [-0.15, -0.1) is 0 Å². The maximum absolute atomic E-state index is 11.7. The number of phenolic OH excluding ortho intramolecular Hbond substituents is 1. The van der Waals surface area contributed by atoms with Gasteiger partial charge in [0.25, 0.3) is 0 Å². The van der Waals surface area contributed by atoms with Crippen LogP contribution in [0.5, 0.6) is 11.5 Å². The van der Waals surface area contributed by atoms with E-state index in [0.717, 1.165) is 11.1 Å². The summed E-state index contributed by atoms with van der Waals surface area (Å²) in [4.78, 5) is 11.7. The lowest BCUT2D eigenvalue weighted by Gasteiger charge is -2.37. The first-order valence-corrected chi connectivity index (χ1v) is 7.81. The van der Waals surface area contributed by atoms with Gasteiger partial charge < -0.3 is 14.6 Å². The standard InChI is InChI=1S/C19H20O4/c1-3-22-17(21)11-12-19(2)14-8-5-4-7-13(14)18-15(20)9-6-10-16(18)23-19/h4-10,20H,3,11-12H2,1-2H3. The van der Waals surface area contributed by atoms with Crippen LogP contribution in [0.3, 0.4) is 0 Å². The molecule has 2 aromatic rings. The molecule has 1 unspecified atom stereocenters. The molecule has 23 heavy (non-hydrogen) atoms. The molecule has 1 atom stereocenters. The van der Waals surface area contributed by atoms with Gasteiger partial charge in [-0.3, -0.25) is 4.79 Å². The lowest BCUT2D eigenvalue weighted by molar-refractivity contribution is -0.144. The Bertz CT molecular complexity index is 738. The molecule has 0 saturated heterocycles. The number of rotatable bonds is 4. The van der Waals surface area contributed by atoms with E-state index in [-0.39, 0.29) is 18.1 Å². The van der Waals surface area contributed by atoms with Gasteiger partial charge in [-0.2, -0.15) is 0 Å². The quantitative estimate of drug-likeness (QED) is 0.867. The van der Waals surface area contributed by atoms with Crippen LogP contribution in [-0.4, -0.2) is 17.7 Å². The van der Waals surface area contributed by atoms with E-state index in [2.05, 4.69) is 0 Å². The van der Waals surface area contributed by atoms with Crippen molar-refractivity contribution in [3.8, 4) is 22.6 Å². The number of carbonyl (C=O) groups is 1. The van der Waals surface area contributed by atoms with Crippen LogP contribution in [0.2, 0.25) is 0 Å². The summed E-state index contributed by atoms with van der Waals surface area (Å²) in [5, 5.41) is 10.2. The number of fused-ring (bicyclic) bond motifs is 3. The fraction of sp³-hybridized carbons (Fsp3) is 0.316. The second-order valence-electron chi connectivity index (χ2n) is 5.83. The molecule has 4 heteroatoms. The van der Waals surface area contributed by atoms with Gasteiger partial charge in [0.05, 0.1) is 12.2 Å². The fourth-order valence-corrected chi connectivity index (χ4v) is 3.09. The zero-order valence-electron chi connectivity index (χ0n) is 13.3. The number of benzene rings is 2. The second kappa shape index (κ2) is 5.95. The molecule has 3 rings (SSSR count). The molecule has 1 heterocycles. The predicted octanol–water partition coefficient (Wildman–Crippen LogP) is 4.01. The molecular weight excluding hydrogens is 292 g/mol. The molecule has 0 fully saturated rings. The minimum atomic E-state index is -0.635. The maximum atomic E-state index is 11.7. The number of esters is 1. The molecule has 4 nitrogen and oxygen atoms in total. The van der Waals surface area contributed by atoms with Gasteiger partial charge in [-0.25, -0.2) is 0 Å². The lowest BCUT2D eigenvalue weighted by Crippen LogP contribution is -2.33. The minimum absolute atomic E-state index is 0.197. The number of hydrogen-bond acceptors (Lipinski definition) is 4. The molecule has 0 spiro atoms. The van der Waals surface area contributed by atoms with Crippen molar-refractivity contribution in [2.45, 2.75) is 32.3 Å². The molecule has 0 aromatic heterocycles. The molecule has 1 aliphatic rings. The summed E-state index contributed by atoms with van der Waals surface area (Å²) >= 11 is 0. The zero-order chi connectivity index (χ0) is 16.4. The van der Waals surface area contributed by atoms with Gasteiger partial charge in [-0.1, -0.05) is 30.3 Å². The van der Waals surface area contributed by atoms with Crippen molar-refractivity contribution in [3.05, 3.63) is 48.0 Å². The Morgan fingerprint density at radius 1 is 1.22 bits per heavy atom. The van der Waals surface area contributed by atoms with Crippen molar-refractivity contribution in [2.75, 3.05) is 6.61 Å². The van der Waals surface area contributed by atoms with E-state index in [1.807, 2.05) is 37.3 Å². The van der Waals surface area contributed by atoms with Crippen LogP contribution in [0, 0.1) is 0 Å². The topological polar surface area (TPSA) is 55.8 Å². The first-order chi connectivity index (χ1) is 11.0. The molecule has 0 bridgehead atoms. The number of aromatic hydroxyl groups is 1. The molecule has 0 saturated carbocycles. The molecule has 1 aliphatic heterocycles. The highest BCUT2D eigenvalue weighted by atomic mass is 16.5. The Labute approximate surface area is 135 Å². The summed E-state index contributed by atoms with van der Waals surface area (Å²) < 4.78 is 11.2. The smallest absolute Gasteiger partial charge is 0.305 e. The van der Waals surface area contributed by atoms with Gasteiger partial charge in [0.15, 0.2) is 0 Å². The summed E-state index contributed by atoms with van der Waals surface area (Å²) in [7, 11) is 0. The number of hydrogen-bond donors (Lipinski definition) is 1. The molecule has 0 aliphatic carbocycles. The first kappa shape index (κ1) is 15.4. The predicted molar refractivity (Wildman–Crippen MR) is 87.4 cm³/mol. The third kappa shape index (κ3) is 2.77. The monoisotopic (exact) mass is 312 g/mol. The van der Waals surface area contributed by atoms with Gasteiger partial charge in [0, 0.05) is 18.4 Å². The maximum Gasteiger partial charge on any atom is 0.305 e. The second-order valence-corrected chi connectivity index (χ2v) is 5.83. The Balaban J connectivity index is 2.00. The van der Waals surface area contributed by atoms with Crippen molar-refractivity contribution < 1.29 is 19.4 Å². The van der Waals surface area contributed by atoms with E-state index >= 15 is 0 Å². The summed E-state index contributed by atoms with van der Waals surface area (Å²) in [5.41, 5.74) is 1.98. The fourth-order valence-electron chi connectivity index (χ4n) is 3.09. The summed E-state index contributed by atoms with van der Waals surface area (Å²) in [6, 6.07) is 13.1. The Hall–Kier alpha value is -2.49. The van der Waals surface area contributed by atoms with Gasteiger partial charge in [0.1, 0.15) is 17.1 Å². The van der Waals surface area contributed by atoms with Crippen LogP contribution >= 0.6 is 0 Å². The zero-order valence-corrected chi connectivity index (χ0v) is 13.3. The third-order valence-corrected chi connectivity index (χ3v) is 4.22. The van der Waals surface area contributed by atoms with Crippen molar-refractivity contribution in [1.29, 1.82) is 0 Å². The lowest BCUT2D eigenvalue weighted by atomic mass is 9.82. The summed E-state index contributed by atoms with van der Waals surface area (Å²) in [5.74, 6) is 0.606. The highest BCUT2D eigenvalue weighted by molar-refractivity contribution is 5.81. The largest absolute Gasteiger partial charge is 0.507 e. The van der Waals surface area contributed by atoms with E-state index in [1.54, 1.807) is 19.1 Å². The molecule has 0 amide bonds. The highest BCUT2D eigenvalue weighted by Gasteiger charge is 2.37. The molecule has 0 radical (unpaired) electrons. The van der Waals surface area contributed by atoms with Crippen LogP contribution in [-0.2, 0) is 15.1 Å².